The van der Waals surface area contributed by atoms with Gasteiger partial charge in [0.1, 0.15) is 11.6 Å². The molecule has 1 N–H and O–H groups in total. The van der Waals surface area contributed by atoms with E-state index in [-0.39, 0.29) is 5.69 Å². The second kappa shape index (κ2) is 3.85. The van der Waals surface area contributed by atoms with Crippen LogP contribution in [0.2, 0.25) is 0 Å². The summed E-state index contributed by atoms with van der Waals surface area (Å²) in [6, 6.07) is 3.27. The molecule has 1 aromatic rings. The maximum Gasteiger partial charge on any atom is 0.146 e. The molecule has 1 aromatic carbocycles. The molecule has 0 bridgehead atoms. The molecule has 0 unspecified atom stereocenters. The van der Waals surface area contributed by atoms with E-state index in [1.165, 1.54) is 0 Å². The first kappa shape index (κ1) is 8.71. The van der Waals surface area contributed by atoms with Crippen molar-refractivity contribution in [3.63, 3.8) is 0 Å². The molecule has 0 atom stereocenters. The van der Waals surface area contributed by atoms with Gasteiger partial charge in [0.25, 0.3) is 0 Å². The van der Waals surface area contributed by atoms with Crippen LogP contribution in [0.25, 0.3) is 0 Å². The largest absolute Gasteiger partial charge is 0.379 e. The van der Waals surface area contributed by atoms with E-state index >= 15 is 0 Å². The molecule has 0 aliphatic heterocycles. The minimum atomic E-state index is -0.460. The molecular weight excluding hydrogens is 160 g/mol. The highest BCUT2D eigenvalue weighted by Gasteiger charge is 2.00. The van der Waals surface area contributed by atoms with Crippen molar-refractivity contribution in [3.05, 3.63) is 42.5 Å². The average molecular weight is 169 g/mol. The molecule has 0 radical (unpaired) electrons. The van der Waals surface area contributed by atoms with E-state index in [0.717, 1.165) is 18.2 Å². The molecular formula is C9H9F2N. The molecule has 0 amide bonds. The standard InChI is InChI=1S/C9H9F2N/c1-2-5-12-9-6-7(10)3-4-8(9)11/h2-4,6,12H,1,5H2. The van der Waals surface area contributed by atoms with Crippen molar-refractivity contribution in [2.75, 3.05) is 11.9 Å². The van der Waals surface area contributed by atoms with Gasteiger partial charge in [-0.25, -0.2) is 8.78 Å². The summed E-state index contributed by atoms with van der Waals surface area (Å²) in [6.45, 7) is 3.87. The fourth-order valence-corrected chi connectivity index (χ4v) is 0.815. The summed E-state index contributed by atoms with van der Waals surface area (Å²) in [6.07, 6.45) is 1.57. The Morgan fingerprint density at radius 3 is 2.83 bits per heavy atom. The summed E-state index contributed by atoms with van der Waals surface area (Å²) >= 11 is 0. The van der Waals surface area contributed by atoms with Crippen LogP contribution in [0.15, 0.2) is 30.9 Å². The van der Waals surface area contributed by atoms with Crippen LogP contribution >= 0.6 is 0 Å². The Bertz CT molecular complexity index is 284. The second-order valence-corrected chi connectivity index (χ2v) is 2.29. The third kappa shape index (κ3) is 2.05. The summed E-state index contributed by atoms with van der Waals surface area (Å²) < 4.78 is 25.4. The average Bonchev–Trinajstić information content (AvgIpc) is 2.07. The Morgan fingerprint density at radius 2 is 2.17 bits per heavy atom. The molecule has 0 aliphatic carbocycles. The minimum Gasteiger partial charge on any atom is -0.379 e. The zero-order chi connectivity index (χ0) is 8.97. The Hall–Kier alpha value is -1.38. The topological polar surface area (TPSA) is 12.0 Å². The monoisotopic (exact) mass is 169 g/mol. The van der Waals surface area contributed by atoms with E-state index in [2.05, 4.69) is 11.9 Å². The van der Waals surface area contributed by atoms with Crippen LogP contribution in [0.4, 0.5) is 14.5 Å². The van der Waals surface area contributed by atoms with Crippen molar-refractivity contribution in [2.24, 2.45) is 0 Å². The van der Waals surface area contributed by atoms with Crippen LogP contribution < -0.4 is 5.32 Å². The van der Waals surface area contributed by atoms with Crippen molar-refractivity contribution >= 4 is 5.69 Å². The van der Waals surface area contributed by atoms with Gasteiger partial charge < -0.3 is 5.32 Å². The number of halogens is 2. The van der Waals surface area contributed by atoms with Gasteiger partial charge in [-0.15, -0.1) is 6.58 Å². The van der Waals surface area contributed by atoms with Gasteiger partial charge in [-0.05, 0) is 18.2 Å². The second-order valence-electron chi connectivity index (χ2n) is 2.29. The lowest BCUT2D eigenvalue weighted by molar-refractivity contribution is 0.603. The quantitative estimate of drug-likeness (QED) is 0.685. The number of hydrogen-bond donors (Lipinski definition) is 1. The number of benzene rings is 1. The lowest BCUT2D eigenvalue weighted by Gasteiger charge is -2.03. The van der Waals surface area contributed by atoms with Crippen molar-refractivity contribution < 1.29 is 8.78 Å². The van der Waals surface area contributed by atoms with Gasteiger partial charge in [0.2, 0.25) is 0 Å². The summed E-state index contributed by atoms with van der Waals surface area (Å²) in [4.78, 5) is 0. The van der Waals surface area contributed by atoms with Gasteiger partial charge in [-0.2, -0.15) is 0 Å². The number of rotatable bonds is 3. The highest BCUT2D eigenvalue weighted by molar-refractivity contribution is 5.45. The van der Waals surface area contributed by atoms with E-state index < -0.39 is 11.6 Å². The van der Waals surface area contributed by atoms with E-state index in [1.54, 1.807) is 6.08 Å². The first-order valence-corrected chi connectivity index (χ1v) is 3.54. The fraction of sp³-hybridized carbons (Fsp3) is 0.111. The van der Waals surface area contributed by atoms with Crippen LogP contribution in [0.1, 0.15) is 0 Å². The maximum absolute atomic E-state index is 12.8. The Labute approximate surface area is 69.7 Å². The third-order valence-corrected chi connectivity index (χ3v) is 1.37. The van der Waals surface area contributed by atoms with Gasteiger partial charge in [0, 0.05) is 6.54 Å². The van der Waals surface area contributed by atoms with Crippen molar-refractivity contribution in [1.29, 1.82) is 0 Å². The molecule has 0 aliphatic rings. The smallest absolute Gasteiger partial charge is 0.146 e. The molecule has 0 fully saturated rings. The van der Waals surface area contributed by atoms with Crippen molar-refractivity contribution in [2.45, 2.75) is 0 Å². The summed E-state index contributed by atoms with van der Waals surface area (Å²) in [5.74, 6) is -0.916. The van der Waals surface area contributed by atoms with Crippen molar-refractivity contribution in [1.82, 2.24) is 0 Å². The third-order valence-electron chi connectivity index (χ3n) is 1.37. The summed E-state index contributed by atoms with van der Waals surface area (Å²) in [5.41, 5.74) is 0.162. The van der Waals surface area contributed by atoms with Crippen LogP contribution in [0.3, 0.4) is 0 Å². The van der Waals surface area contributed by atoms with Crippen LogP contribution in [-0.4, -0.2) is 6.54 Å². The van der Waals surface area contributed by atoms with E-state index in [9.17, 15) is 8.78 Å². The molecule has 1 rings (SSSR count). The Balaban J connectivity index is 2.82. The number of hydrogen-bond acceptors (Lipinski definition) is 1. The van der Waals surface area contributed by atoms with Crippen molar-refractivity contribution in [3.8, 4) is 0 Å². The molecule has 0 saturated carbocycles. The SMILES string of the molecule is C=CCNc1cc(F)ccc1F. The van der Waals surface area contributed by atoms with Crippen LogP contribution in [-0.2, 0) is 0 Å². The van der Waals surface area contributed by atoms with Gasteiger partial charge in [0.15, 0.2) is 0 Å². The van der Waals surface area contributed by atoms with E-state index in [0.29, 0.717) is 6.54 Å². The normalized spacial score (nSPS) is 9.50. The first-order valence-electron chi connectivity index (χ1n) is 3.54. The minimum absolute atomic E-state index is 0.162. The van der Waals surface area contributed by atoms with Gasteiger partial charge in [0.05, 0.1) is 5.69 Å². The summed E-state index contributed by atoms with van der Waals surface area (Å²) in [7, 11) is 0. The molecule has 1 nitrogen and oxygen atoms in total. The van der Waals surface area contributed by atoms with E-state index in [4.69, 9.17) is 0 Å². The molecule has 0 saturated heterocycles. The lowest BCUT2D eigenvalue weighted by Crippen LogP contribution is -2.00. The molecule has 12 heavy (non-hydrogen) atoms. The van der Waals surface area contributed by atoms with Crippen LogP contribution in [0, 0.1) is 11.6 Å². The molecule has 0 aromatic heterocycles. The summed E-state index contributed by atoms with van der Waals surface area (Å²) in [5, 5.41) is 2.67. The number of nitrogens with one attached hydrogen (secondary N) is 1. The molecule has 0 spiro atoms. The zero-order valence-electron chi connectivity index (χ0n) is 6.48. The Kier molecular flexibility index (Phi) is 2.80. The fourth-order valence-electron chi connectivity index (χ4n) is 0.815. The zero-order valence-corrected chi connectivity index (χ0v) is 6.48. The molecule has 64 valence electrons. The highest BCUT2D eigenvalue weighted by atomic mass is 19.1. The first-order chi connectivity index (χ1) is 5.74. The molecule has 3 heteroatoms. The van der Waals surface area contributed by atoms with Gasteiger partial charge in [-0.3, -0.25) is 0 Å². The number of anilines is 1. The lowest BCUT2D eigenvalue weighted by atomic mass is 10.3. The molecule has 0 heterocycles. The highest BCUT2D eigenvalue weighted by Crippen LogP contribution is 2.14. The van der Waals surface area contributed by atoms with Gasteiger partial charge >= 0.3 is 0 Å². The Morgan fingerprint density at radius 1 is 1.42 bits per heavy atom. The maximum atomic E-state index is 12.8. The van der Waals surface area contributed by atoms with Gasteiger partial charge in [-0.1, -0.05) is 6.08 Å². The van der Waals surface area contributed by atoms with Crippen LogP contribution in [0.5, 0.6) is 0 Å². The van der Waals surface area contributed by atoms with E-state index in [1.807, 2.05) is 0 Å². The predicted molar refractivity (Wildman–Crippen MR) is 45.0 cm³/mol. The predicted octanol–water partition coefficient (Wildman–Crippen LogP) is 2.56.